The van der Waals surface area contributed by atoms with Crippen LogP contribution in [0.15, 0.2) is 73.1 Å². The number of carbonyl (C=O) groups excluding carboxylic acids is 2. The van der Waals surface area contributed by atoms with Crippen LogP contribution in [0.25, 0.3) is 11.1 Å². The summed E-state index contributed by atoms with van der Waals surface area (Å²) < 4.78 is 60.1. The van der Waals surface area contributed by atoms with Crippen molar-refractivity contribution in [1.82, 2.24) is 25.3 Å². The number of methoxy groups -OCH3 is 1. The predicted molar refractivity (Wildman–Crippen MR) is 207 cm³/mol. The van der Waals surface area contributed by atoms with Crippen LogP contribution in [0.5, 0.6) is 5.75 Å². The highest BCUT2D eigenvalue weighted by atomic mass is 35.5. The number of aromatic nitrogens is 2. The number of halogens is 5. The second kappa shape index (κ2) is 20.9. The molecule has 0 radical (unpaired) electrons. The summed E-state index contributed by atoms with van der Waals surface area (Å²) in [5.74, 6) is -4.30. The molecule has 1 aliphatic rings. The molecule has 308 valence electrons. The van der Waals surface area contributed by atoms with E-state index in [0.29, 0.717) is 35.8 Å². The number of hydrogen-bond acceptors (Lipinski definition) is 8. The van der Waals surface area contributed by atoms with Crippen molar-refractivity contribution in [3.8, 4) is 16.9 Å². The number of nitrogens with one attached hydrogen (secondary N) is 2. The minimum atomic E-state index is -5.08. The minimum Gasteiger partial charge on any atom is -0.488 e. The lowest BCUT2D eigenvalue weighted by Gasteiger charge is -2.31. The second-order valence-electron chi connectivity index (χ2n) is 13.7. The maximum atomic E-state index is 16.0. The maximum Gasteiger partial charge on any atom is 0.490 e. The van der Waals surface area contributed by atoms with E-state index in [1.165, 1.54) is 19.2 Å². The number of alkyl halides is 3. The van der Waals surface area contributed by atoms with Crippen LogP contribution in [0.3, 0.4) is 0 Å². The van der Waals surface area contributed by atoms with Gasteiger partial charge in [0.1, 0.15) is 13.2 Å². The number of likely N-dealkylation sites (N-methyl/N-ethyl adjacent to an activating group) is 1. The Morgan fingerprint density at radius 3 is 2.25 bits per heavy atom. The highest BCUT2D eigenvalue weighted by molar-refractivity contribution is 6.33. The Morgan fingerprint density at radius 1 is 1.00 bits per heavy atom. The summed E-state index contributed by atoms with van der Waals surface area (Å²) in [6, 6.07) is 19.3. The van der Waals surface area contributed by atoms with Gasteiger partial charge >= 0.3 is 12.1 Å². The first-order valence-electron chi connectivity index (χ1n) is 18.2. The molecule has 0 bridgehead atoms. The average Bonchev–Trinajstić information content (AvgIpc) is 3.63. The highest BCUT2D eigenvalue weighted by Crippen LogP contribution is 2.39. The lowest BCUT2D eigenvalue weighted by atomic mass is 9.87. The standard InChI is InChI=1S/C38H46ClFN6O4.C2HF3O2/c1-45(2)35(47)24-46-23-25(21-44-46)20-42-28-10-12-29(13-11-28)43-22-32(26-7-5-4-6-8-26)27-9-15-33(39)31(19-27)36-30(38(41)48)14-16-34(37(36)40)50-18-17-49-3;3-2(4,5)1(6)7/h4-9,14-16,19,21,23,28-29,32,42-43H,10-13,17-18,20,22,24H2,1-3H3,(H2,41,48);(H,6,7). The number of amides is 2. The Hall–Kier alpha value is -5.03. The van der Waals surface area contributed by atoms with Gasteiger partial charge < -0.3 is 35.8 Å². The van der Waals surface area contributed by atoms with Crippen LogP contribution in [-0.2, 0) is 27.4 Å². The third-order valence-electron chi connectivity index (χ3n) is 9.44. The summed E-state index contributed by atoms with van der Waals surface area (Å²) in [5.41, 5.74) is 9.19. The molecule has 1 unspecified atom stereocenters. The molecule has 0 saturated heterocycles. The molecular weight excluding hydrogens is 772 g/mol. The van der Waals surface area contributed by atoms with Gasteiger partial charge in [-0.05, 0) is 61.1 Å². The normalized spacial score (nSPS) is 15.9. The van der Waals surface area contributed by atoms with Gasteiger partial charge in [-0.15, -0.1) is 0 Å². The fourth-order valence-corrected chi connectivity index (χ4v) is 6.56. The molecule has 0 spiro atoms. The van der Waals surface area contributed by atoms with Gasteiger partial charge in [0.15, 0.2) is 11.6 Å². The van der Waals surface area contributed by atoms with Crippen molar-refractivity contribution in [2.75, 3.05) is 41.0 Å². The van der Waals surface area contributed by atoms with E-state index < -0.39 is 23.9 Å². The number of carboxylic acids is 1. The van der Waals surface area contributed by atoms with Gasteiger partial charge in [-0.1, -0.05) is 48.0 Å². The maximum absolute atomic E-state index is 16.0. The van der Waals surface area contributed by atoms with Crippen LogP contribution in [-0.4, -0.2) is 96.8 Å². The summed E-state index contributed by atoms with van der Waals surface area (Å²) in [6.45, 7) is 2.01. The SMILES string of the molecule is COCCOc1ccc(C(N)=O)c(-c2cc(C(CNC3CCC(NCc4cnn(CC(=O)N(C)C)c4)CC3)c3ccccc3)ccc2Cl)c1F.O=C(O)C(F)(F)F. The van der Waals surface area contributed by atoms with Gasteiger partial charge in [-0.3, -0.25) is 14.3 Å². The van der Waals surface area contributed by atoms with Crippen molar-refractivity contribution in [3.63, 3.8) is 0 Å². The zero-order valence-electron chi connectivity index (χ0n) is 31.8. The summed E-state index contributed by atoms with van der Waals surface area (Å²) in [5, 5.41) is 19.2. The largest absolute Gasteiger partial charge is 0.490 e. The molecule has 4 aromatic rings. The number of rotatable bonds is 16. The van der Waals surface area contributed by atoms with Gasteiger partial charge in [0.25, 0.3) is 0 Å². The number of carbonyl (C=O) groups is 3. The minimum absolute atomic E-state index is 0.00450. The number of benzene rings is 3. The van der Waals surface area contributed by atoms with Crippen LogP contribution < -0.4 is 21.1 Å². The van der Waals surface area contributed by atoms with Crippen molar-refractivity contribution in [2.24, 2.45) is 5.73 Å². The smallest absolute Gasteiger partial charge is 0.488 e. The molecule has 1 heterocycles. The summed E-state index contributed by atoms with van der Waals surface area (Å²) in [4.78, 5) is 34.9. The van der Waals surface area contributed by atoms with E-state index >= 15 is 4.39 Å². The Balaban J connectivity index is 0.000000940. The van der Waals surface area contributed by atoms with Gasteiger partial charge in [0, 0.05) is 80.2 Å². The number of primary amides is 1. The van der Waals surface area contributed by atoms with Crippen molar-refractivity contribution < 1.29 is 46.5 Å². The number of hydrogen-bond donors (Lipinski definition) is 4. The first-order valence-corrected chi connectivity index (χ1v) is 18.5. The van der Waals surface area contributed by atoms with Crippen molar-refractivity contribution >= 4 is 29.4 Å². The molecule has 5 rings (SSSR count). The zero-order chi connectivity index (χ0) is 41.7. The molecule has 3 aromatic carbocycles. The monoisotopic (exact) mass is 818 g/mol. The fraction of sp³-hybridized carbons (Fsp3) is 0.400. The van der Waals surface area contributed by atoms with Crippen molar-refractivity contribution in [3.05, 3.63) is 106 Å². The fourth-order valence-electron chi connectivity index (χ4n) is 6.35. The highest BCUT2D eigenvalue weighted by Gasteiger charge is 2.38. The number of carboxylic acid groups (broad SMARTS) is 1. The van der Waals surface area contributed by atoms with Crippen molar-refractivity contribution in [1.29, 1.82) is 0 Å². The molecule has 1 aliphatic carbocycles. The Kier molecular flexibility index (Phi) is 16.4. The molecule has 1 aromatic heterocycles. The van der Waals surface area contributed by atoms with Gasteiger partial charge in [-0.25, -0.2) is 9.18 Å². The molecule has 17 heteroatoms. The molecule has 0 aliphatic heterocycles. The van der Waals surface area contributed by atoms with Gasteiger partial charge in [0.05, 0.1) is 18.4 Å². The molecule has 1 fully saturated rings. The lowest BCUT2D eigenvalue weighted by molar-refractivity contribution is -0.192. The average molecular weight is 819 g/mol. The van der Waals surface area contributed by atoms with E-state index in [1.807, 2.05) is 42.7 Å². The molecule has 57 heavy (non-hydrogen) atoms. The van der Waals surface area contributed by atoms with Crippen LogP contribution in [0.2, 0.25) is 5.02 Å². The van der Waals surface area contributed by atoms with E-state index in [1.54, 1.807) is 29.7 Å². The van der Waals surface area contributed by atoms with Crippen molar-refractivity contribution in [2.45, 2.75) is 63.0 Å². The van der Waals surface area contributed by atoms with E-state index in [0.717, 1.165) is 42.4 Å². The lowest BCUT2D eigenvalue weighted by Crippen LogP contribution is -2.41. The molecule has 1 saturated carbocycles. The van der Waals surface area contributed by atoms with E-state index in [4.69, 9.17) is 36.7 Å². The van der Waals surface area contributed by atoms with E-state index in [2.05, 4.69) is 27.9 Å². The van der Waals surface area contributed by atoms with E-state index in [-0.39, 0.29) is 48.5 Å². The molecule has 12 nitrogen and oxygen atoms in total. The van der Waals surface area contributed by atoms with E-state index in [9.17, 15) is 22.8 Å². The number of ether oxygens (including phenoxy) is 2. The summed E-state index contributed by atoms with van der Waals surface area (Å²) in [6.07, 6.45) is 2.75. The number of nitrogens with zero attached hydrogens (tertiary/aromatic N) is 3. The first-order chi connectivity index (χ1) is 27.1. The van der Waals surface area contributed by atoms with Crippen LogP contribution in [0.1, 0.15) is 58.6 Å². The summed E-state index contributed by atoms with van der Waals surface area (Å²) >= 11 is 6.70. The Labute approximate surface area is 333 Å². The predicted octanol–water partition coefficient (Wildman–Crippen LogP) is 6.01. The third kappa shape index (κ3) is 13.0. The summed E-state index contributed by atoms with van der Waals surface area (Å²) in [7, 11) is 5.01. The van der Waals surface area contributed by atoms with Crippen LogP contribution in [0, 0.1) is 5.82 Å². The number of nitrogens with two attached hydrogens (primary N) is 1. The Bertz CT molecular complexity index is 1950. The Morgan fingerprint density at radius 2 is 1.65 bits per heavy atom. The molecule has 5 N–H and O–H groups in total. The van der Waals surface area contributed by atoms with Gasteiger partial charge in [-0.2, -0.15) is 18.3 Å². The topological polar surface area (TPSA) is 161 Å². The molecular formula is C40H47ClF4N6O6. The third-order valence-corrected chi connectivity index (χ3v) is 9.77. The van der Waals surface area contributed by atoms with Gasteiger partial charge in [0.2, 0.25) is 11.8 Å². The van der Waals surface area contributed by atoms with Crippen LogP contribution in [0.4, 0.5) is 17.6 Å². The number of aliphatic carboxylic acids is 1. The zero-order valence-corrected chi connectivity index (χ0v) is 32.6. The first kappa shape index (κ1) is 44.7. The van der Waals surface area contributed by atoms with Crippen LogP contribution >= 0.6 is 11.6 Å². The molecule has 1 atom stereocenters. The molecule has 2 amide bonds. The second-order valence-corrected chi connectivity index (χ2v) is 14.1. The quantitative estimate of drug-likeness (QED) is 0.0785.